The SMILES string of the molecule is Nc1ccc(Cl)c(Cn2ncc3ccc([N+](=O)[O-])cc32)n1. The van der Waals surface area contributed by atoms with E-state index in [-0.39, 0.29) is 12.2 Å². The Kier molecular flexibility index (Phi) is 3.19. The zero-order valence-corrected chi connectivity index (χ0v) is 11.5. The molecule has 0 saturated heterocycles. The maximum absolute atomic E-state index is 10.9. The van der Waals surface area contributed by atoms with Crippen LogP contribution in [0.1, 0.15) is 5.69 Å². The molecule has 21 heavy (non-hydrogen) atoms. The van der Waals surface area contributed by atoms with Crippen molar-refractivity contribution in [3.8, 4) is 0 Å². The first-order chi connectivity index (χ1) is 10.0. The van der Waals surface area contributed by atoms with Crippen molar-refractivity contribution >= 4 is 34.0 Å². The first kappa shape index (κ1) is 13.3. The summed E-state index contributed by atoms with van der Waals surface area (Å²) in [5.41, 5.74) is 6.86. The highest BCUT2D eigenvalue weighted by molar-refractivity contribution is 6.31. The number of rotatable bonds is 3. The summed E-state index contributed by atoms with van der Waals surface area (Å²) in [6, 6.07) is 7.85. The predicted molar refractivity (Wildman–Crippen MR) is 79.1 cm³/mol. The molecule has 0 unspecified atom stereocenters. The molecule has 0 saturated carbocycles. The fraction of sp³-hybridized carbons (Fsp3) is 0.0769. The number of hydrogen-bond acceptors (Lipinski definition) is 5. The highest BCUT2D eigenvalue weighted by atomic mass is 35.5. The highest BCUT2D eigenvalue weighted by Gasteiger charge is 2.12. The average Bonchev–Trinajstić information content (AvgIpc) is 2.85. The smallest absolute Gasteiger partial charge is 0.271 e. The summed E-state index contributed by atoms with van der Waals surface area (Å²) >= 11 is 6.08. The summed E-state index contributed by atoms with van der Waals surface area (Å²) in [7, 11) is 0. The van der Waals surface area contributed by atoms with Crippen molar-refractivity contribution in [3.63, 3.8) is 0 Å². The van der Waals surface area contributed by atoms with E-state index in [1.807, 2.05) is 0 Å². The second kappa shape index (κ2) is 5.02. The lowest BCUT2D eigenvalue weighted by molar-refractivity contribution is -0.384. The van der Waals surface area contributed by atoms with Gasteiger partial charge in [0.05, 0.1) is 33.9 Å². The molecule has 3 rings (SSSR count). The van der Waals surface area contributed by atoms with Crippen LogP contribution in [0, 0.1) is 10.1 Å². The molecule has 0 radical (unpaired) electrons. The molecule has 2 heterocycles. The van der Waals surface area contributed by atoms with Crippen LogP contribution in [0.2, 0.25) is 5.02 Å². The Bertz CT molecular complexity index is 846. The minimum Gasteiger partial charge on any atom is -0.384 e. The van der Waals surface area contributed by atoms with Crippen molar-refractivity contribution < 1.29 is 4.92 Å². The number of nitro groups is 1. The lowest BCUT2D eigenvalue weighted by atomic mass is 10.2. The van der Waals surface area contributed by atoms with E-state index in [0.717, 1.165) is 5.39 Å². The van der Waals surface area contributed by atoms with Crippen LogP contribution in [0.3, 0.4) is 0 Å². The topological polar surface area (TPSA) is 99.9 Å². The third-order valence-electron chi connectivity index (χ3n) is 3.08. The number of aromatic nitrogens is 3. The van der Waals surface area contributed by atoms with Crippen molar-refractivity contribution in [2.75, 3.05) is 5.73 Å². The van der Waals surface area contributed by atoms with E-state index in [1.54, 1.807) is 29.1 Å². The number of hydrogen-bond donors (Lipinski definition) is 1. The summed E-state index contributed by atoms with van der Waals surface area (Å²) in [5.74, 6) is 0.358. The van der Waals surface area contributed by atoms with Crippen LogP contribution in [0.5, 0.6) is 0 Å². The second-order valence-electron chi connectivity index (χ2n) is 4.47. The minimum atomic E-state index is -0.442. The summed E-state index contributed by atoms with van der Waals surface area (Å²) in [5, 5.41) is 16.4. The summed E-state index contributed by atoms with van der Waals surface area (Å²) in [6.45, 7) is 0.286. The molecule has 2 N–H and O–H groups in total. The van der Waals surface area contributed by atoms with Crippen molar-refractivity contribution in [1.29, 1.82) is 0 Å². The number of anilines is 1. The molecule has 106 valence electrons. The molecule has 0 atom stereocenters. The third-order valence-corrected chi connectivity index (χ3v) is 3.42. The Labute approximate surface area is 124 Å². The Morgan fingerprint density at radius 2 is 2.14 bits per heavy atom. The van der Waals surface area contributed by atoms with Gasteiger partial charge in [0.2, 0.25) is 0 Å². The van der Waals surface area contributed by atoms with Gasteiger partial charge in [-0.05, 0) is 18.2 Å². The van der Waals surface area contributed by atoms with Gasteiger partial charge < -0.3 is 5.73 Å². The standard InChI is InChI=1S/C13H10ClN5O2/c14-10-3-4-13(15)17-11(10)7-18-12-5-9(19(20)21)2-1-8(12)6-16-18/h1-6H,7H2,(H2,15,17). The number of nitrogens with two attached hydrogens (primary N) is 1. The van der Waals surface area contributed by atoms with Gasteiger partial charge in [-0.3, -0.25) is 14.8 Å². The van der Waals surface area contributed by atoms with Gasteiger partial charge in [0, 0.05) is 17.5 Å². The lowest BCUT2D eigenvalue weighted by Gasteiger charge is -2.06. The number of nitrogen functional groups attached to an aromatic ring is 1. The number of non-ortho nitro benzene ring substituents is 1. The predicted octanol–water partition coefficient (Wildman–Crippen LogP) is 2.62. The van der Waals surface area contributed by atoms with Crippen molar-refractivity contribution in [2.45, 2.75) is 6.54 Å². The quantitative estimate of drug-likeness (QED) is 0.592. The molecule has 8 heteroatoms. The molecule has 0 aliphatic heterocycles. The van der Waals surface area contributed by atoms with Gasteiger partial charge >= 0.3 is 0 Å². The summed E-state index contributed by atoms with van der Waals surface area (Å²) < 4.78 is 1.61. The van der Waals surface area contributed by atoms with Gasteiger partial charge in [-0.2, -0.15) is 5.10 Å². The lowest BCUT2D eigenvalue weighted by Crippen LogP contribution is -2.05. The van der Waals surface area contributed by atoms with Crippen molar-refractivity contribution in [2.24, 2.45) is 0 Å². The molecular formula is C13H10ClN5O2. The van der Waals surface area contributed by atoms with Gasteiger partial charge in [0.25, 0.3) is 5.69 Å². The van der Waals surface area contributed by atoms with Crippen LogP contribution in [0.25, 0.3) is 10.9 Å². The van der Waals surface area contributed by atoms with Crippen LogP contribution < -0.4 is 5.73 Å². The maximum Gasteiger partial charge on any atom is 0.271 e. The molecule has 1 aromatic carbocycles. The Morgan fingerprint density at radius 1 is 1.33 bits per heavy atom. The van der Waals surface area contributed by atoms with Crippen LogP contribution in [-0.4, -0.2) is 19.7 Å². The molecule has 7 nitrogen and oxygen atoms in total. The monoisotopic (exact) mass is 303 g/mol. The molecule has 0 aliphatic carbocycles. The van der Waals surface area contributed by atoms with Crippen LogP contribution in [-0.2, 0) is 6.54 Å². The number of nitrogens with zero attached hydrogens (tertiary/aromatic N) is 4. The zero-order valence-electron chi connectivity index (χ0n) is 10.7. The van der Waals surface area contributed by atoms with E-state index in [0.29, 0.717) is 22.1 Å². The molecule has 3 aromatic rings. The van der Waals surface area contributed by atoms with E-state index in [2.05, 4.69) is 10.1 Å². The number of nitro benzene ring substituents is 1. The van der Waals surface area contributed by atoms with E-state index >= 15 is 0 Å². The largest absolute Gasteiger partial charge is 0.384 e. The van der Waals surface area contributed by atoms with Gasteiger partial charge in [-0.1, -0.05) is 11.6 Å². The molecule has 0 spiro atoms. The van der Waals surface area contributed by atoms with E-state index < -0.39 is 4.92 Å². The number of halogens is 1. The fourth-order valence-electron chi connectivity index (χ4n) is 2.05. The number of fused-ring (bicyclic) bond motifs is 1. The maximum atomic E-state index is 10.9. The fourth-order valence-corrected chi connectivity index (χ4v) is 2.22. The van der Waals surface area contributed by atoms with E-state index in [4.69, 9.17) is 17.3 Å². The number of pyridine rings is 1. The Balaban J connectivity index is 2.06. The molecule has 0 bridgehead atoms. The molecule has 0 fully saturated rings. The van der Waals surface area contributed by atoms with Gasteiger partial charge in [0.15, 0.2) is 0 Å². The van der Waals surface area contributed by atoms with E-state index in [9.17, 15) is 10.1 Å². The van der Waals surface area contributed by atoms with Gasteiger partial charge in [-0.25, -0.2) is 4.98 Å². The normalized spacial score (nSPS) is 10.9. The first-order valence-electron chi connectivity index (χ1n) is 6.05. The van der Waals surface area contributed by atoms with Gasteiger partial charge in [0.1, 0.15) is 5.82 Å². The number of benzene rings is 1. The Hall–Kier alpha value is -2.67. The minimum absolute atomic E-state index is 0.0101. The second-order valence-corrected chi connectivity index (χ2v) is 4.87. The zero-order chi connectivity index (χ0) is 15.0. The average molecular weight is 304 g/mol. The van der Waals surface area contributed by atoms with E-state index in [1.165, 1.54) is 12.1 Å². The molecular weight excluding hydrogens is 294 g/mol. The summed E-state index contributed by atoms with van der Waals surface area (Å²) in [4.78, 5) is 14.6. The van der Waals surface area contributed by atoms with Crippen LogP contribution >= 0.6 is 11.6 Å². The first-order valence-corrected chi connectivity index (χ1v) is 6.43. The van der Waals surface area contributed by atoms with Crippen molar-refractivity contribution in [1.82, 2.24) is 14.8 Å². The molecule has 0 amide bonds. The molecule has 0 aliphatic rings. The van der Waals surface area contributed by atoms with Crippen LogP contribution in [0.4, 0.5) is 11.5 Å². The third kappa shape index (κ3) is 2.50. The molecule has 2 aromatic heterocycles. The Morgan fingerprint density at radius 3 is 2.90 bits per heavy atom. The summed E-state index contributed by atoms with van der Waals surface area (Å²) in [6.07, 6.45) is 1.64. The van der Waals surface area contributed by atoms with Crippen LogP contribution in [0.15, 0.2) is 36.5 Å². The highest BCUT2D eigenvalue weighted by Crippen LogP contribution is 2.23. The van der Waals surface area contributed by atoms with Crippen molar-refractivity contribution in [3.05, 3.63) is 57.4 Å². The van der Waals surface area contributed by atoms with Gasteiger partial charge in [-0.15, -0.1) is 0 Å².